The number of hydrogen-bond acceptors (Lipinski definition) is 9. The Hall–Kier alpha value is -4.95. The molecule has 2 N–H and O–H groups in total. The first kappa shape index (κ1) is 29.5. The molecule has 2 aromatic carbocycles. The molecule has 0 fully saturated rings. The summed E-state index contributed by atoms with van der Waals surface area (Å²) >= 11 is 0. The van der Waals surface area contributed by atoms with E-state index < -0.39 is 35.9 Å². The van der Waals surface area contributed by atoms with Gasteiger partial charge in [0.1, 0.15) is 0 Å². The number of hydrogen-bond donors (Lipinski definition) is 2. The van der Waals surface area contributed by atoms with Gasteiger partial charge < -0.3 is 19.8 Å². The lowest BCUT2D eigenvalue weighted by Crippen LogP contribution is -2.34. The Kier molecular flexibility index (Phi) is 8.06. The molecule has 1 atom stereocenters. The van der Waals surface area contributed by atoms with Gasteiger partial charge in [0.05, 0.1) is 11.0 Å². The number of aromatic nitrogens is 5. The van der Waals surface area contributed by atoms with Crippen molar-refractivity contribution in [1.82, 2.24) is 25.1 Å². The maximum absolute atomic E-state index is 13.2. The number of allylic oxidation sites excluding steroid dienone is 3. The molecule has 0 radical (unpaired) electrons. The van der Waals surface area contributed by atoms with Crippen LogP contribution in [0.5, 0.6) is 6.01 Å². The van der Waals surface area contributed by atoms with E-state index in [4.69, 9.17) is 9.15 Å². The van der Waals surface area contributed by atoms with Gasteiger partial charge in [-0.3, -0.25) is 0 Å². The van der Waals surface area contributed by atoms with E-state index in [1.54, 1.807) is 6.92 Å². The Balaban J connectivity index is 1.43. The Labute approximate surface area is 240 Å². The first-order valence-electron chi connectivity index (χ1n) is 12.8. The van der Waals surface area contributed by atoms with Crippen LogP contribution in [0.1, 0.15) is 29.3 Å². The average Bonchev–Trinajstić information content (AvgIpc) is 3.42. The van der Waals surface area contributed by atoms with Crippen LogP contribution in [-0.2, 0) is 11.6 Å². The van der Waals surface area contributed by atoms with Crippen LogP contribution in [0.15, 0.2) is 77.2 Å². The molecular weight excluding hydrogens is 580 g/mol. The first-order chi connectivity index (χ1) is 20.4. The van der Waals surface area contributed by atoms with Gasteiger partial charge in [-0.05, 0) is 35.8 Å². The van der Waals surface area contributed by atoms with Gasteiger partial charge in [-0.2, -0.15) is 41.3 Å². The fraction of sp³-hybridized carbons (Fsp3) is 0.250. The molecule has 0 saturated carbocycles. The molecule has 4 aromatic rings. The van der Waals surface area contributed by atoms with Gasteiger partial charge in [-0.15, -0.1) is 10.2 Å². The lowest BCUT2D eigenvalue weighted by molar-refractivity contribution is -0.154. The van der Waals surface area contributed by atoms with E-state index in [1.165, 1.54) is 6.07 Å². The molecule has 1 aliphatic carbocycles. The van der Waals surface area contributed by atoms with Crippen LogP contribution in [0.3, 0.4) is 0 Å². The van der Waals surface area contributed by atoms with Crippen molar-refractivity contribution >= 4 is 23.2 Å². The lowest BCUT2D eigenvalue weighted by Gasteiger charge is -2.29. The van der Waals surface area contributed by atoms with Crippen molar-refractivity contribution in [3.63, 3.8) is 0 Å². The zero-order chi connectivity index (χ0) is 30.7. The standard InChI is InChI=1S/C28H23F6N7O2/c1-17-40-41-22(43-17)26(12-10-19(11-13-26)18-6-3-2-4-7-18)15-35-23-37-24(39-25(38-23)42-16-27(29,30)31)36-21-9-5-8-20(14-21)28(32,33)34/h2-12,14H,13,15-16H2,1H3,(H2,35,36,37,38,39). The zero-order valence-electron chi connectivity index (χ0n) is 22.4. The van der Waals surface area contributed by atoms with Gasteiger partial charge in [0.15, 0.2) is 6.61 Å². The summed E-state index contributed by atoms with van der Waals surface area (Å²) in [4.78, 5) is 11.9. The number of aryl methyl sites for hydroxylation is 1. The summed E-state index contributed by atoms with van der Waals surface area (Å²) in [5, 5.41) is 13.6. The second-order valence-electron chi connectivity index (χ2n) is 9.57. The summed E-state index contributed by atoms with van der Waals surface area (Å²) in [6.07, 6.45) is -3.15. The molecule has 5 rings (SSSR count). The largest absolute Gasteiger partial charge is 0.454 e. The zero-order valence-corrected chi connectivity index (χ0v) is 22.4. The van der Waals surface area contributed by atoms with Gasteiger partial charge >= 0.3 is 18.4 Å². The number of anilines is 3. The number of nitrogens with one attached hydrogen (secondary N) is 2. The minimum absolute atomic E-state index is 0.0510. The maximum Gasteiger partial charge on any atom is 0.422 e. The molecular formula is C28H23F6N7O2. The lowest BCUT2D eigenvalue weighted by atomic mass is 9.78. The van der Waals surface area contributed by atoms with Crippen molar-refractivity contribution in [2.45, 2.75) is 31.1 Å². The predicted octanol–water partition coefficient (Wildman–Crippen LogP) is 6.66. The van der Waals surface area contributed by atoms with Gasteiger partial charge in [0.2, 0.25) is 23.7 Å². The Bertz CT molecular complexity index is 1640. The van der Waals surface area contributed by atoms with Crippen molar-refractivity contribution in [2.24, 2.45) is 0 Å². The van der Waals surface area contributed by atoms with Crippen LogP contribution in [0.4, 0.5) is 43.9 Å². The highest BCUT2D eigenvalue weighted by Gasteiger charge is 2.37. The van der Waals surface area contributed by atoms with Crippen molar-refractivity contribution in [3.05, 3.63) is 95.7 Å². The Morgan fingerprint density at radius 3 is 2.35 bits per heavy atom. The number of alkyl halides is 6. The van der Waals surface area contributed by atoms with Crippen LogP contribution in [0, 0.1) is 6.92 Å². The van der Waals surface area contributed by atoms with Crippen molar-refractivity contribution in [2.75, 3.05) is 23.8 Å². The summed E-state index contributed by atoms with van der Waals surface area (Å²) in [6.45, 7) is -0.00670. The molecule has 224 valence electrons. The van der Waals surface area contributed by atoms with E-state index in [2.05, 4.69) is 35.8 Å². The topological polar surface area (TPSA) is 111 Å². The summed E-state index contributed by atoms with van der Waals surface area (Å²) in [5.41, 5.74) is 0.0650. The smallest absolute Gasteiger partial charge is 0.422 e. The molecule has 2 heterocycles. The van der Waals surface area contributed by atoms with E-state index in [9.17, 15) is 26.3 Å². The summed E-state index contributed by atoms with van der Waals surface area (Å²) in [6, 6.07) is 13.1. The van der Waals surface area contributed by atoms with Crippen molar-refractivity contribution < 1.29 is 35.5 Å². The van der Waals surface area contributed by atoms with Crippen LogP contribution < -0.4 is 15.4 Å². The number of benzene rings is 2. The van der Waals surface area contributed by atoms with Crippen LogP contribution in [0.2, 0.25) is 0 Å². The van der Waals surface area contributed by atoms with Crippen LogP contribution >= 0.6 is 0 Å². The van der Waals surface area contributed by atoms with Gasteiger partial charge in [-0.1, -0.05) is 54.6 Å². The van der Waals surface area contributed by atoms with E-state index in [0.717, 1.165) is 29.3 Å². The molecule has 9 nitrogen and oxygen atoms in total. The fourth-order valence-corrected chi connectivity index (χ4v) is 4.23. The van der Waals surface area contributed by atoms with E-state index in [0.29, 0.717) is 12.3 Å². The van der Waals surface area contributed by atoms with Gasteiger partial charge in [-0.25, -0.2) is 0 Å². The fourth-order valence-electron chi connectivity index (χ4n) is 4.23. The van der Waals surface area contributed by atoms with E-state index in [1.807, 2.05) is 48.6 Å². The SMILES string of the molecule is Cc1nnc(C2(CNc3nc(Nc4cccc(C(F)(F)F)c4)nc(OCC(F)(F)F)n3)C=CC(c3ccccc3)=CC2)o1. The van der Waals surface area contributed by atoms with E-state index in [-0.39, 0.29) is 30.0 Å². The minimum Gasteiger partial charge on any atom is -0.454 e. The molecule has 15 heteroatoms. The molecule has 0 bridgehead atoms. The third-order valence-electron chi connectivity index (χ3n) is 6.32. The quantitative estimate of drug-likeness (QED) is 0.203. The molecule has 1 unspecified atom stereocenters. The molecule has 1 aliphatic rings. The van der Waals surface area contributed by atoms with Gasteiger partial charge in [0.25, 0.3) is 0 Å². The van der Waals surface area contributed by atoms with Crippen molar-refractivity contribution in [1.29, 1.82) is 0 Å². The third kappa shape index (κ3) is 7.47. The molecule has 0 saturated heterocycles. The monoisotopic (exact) mass is 603 g/mol. The maximum atomic E-state index is 13.2. The highest BCUT2D eigenvalue weighted by molar-refractivity contribution is 5.75. The second-order valence-corrected chi connectivity index (χ2v) is 9.57. The third-order valence-corrected chi connectivity index (χ3v) is 6.32. The molecule has 0 amide bonds. The average molecular weight is 604 g/mol. The number of ether oxygens (including phenoxy) is 1. The predicted molar refractivity (Wildman–Crippen MR) is 143 cm³/mol. The second kappa shape index (κ2) is 11.7. The first-order valence-corrected chi connectivity index (χ1v) is 12.8. The molecule has 0 aliphatic heterocycles. The van der Waals surface area contributed by atoms with Crippen LogP contribution in [0.25, 0.3) is 5.57 Å². The number of rotatable bonds is 9. The molecule has 43 heavy (non-hydrogen) atoms. The Morgan fingerprint density at radius 2 is 1.70 bits per heavy atom. The molecule has 2 aromatic heterocycles. The highest BCUT2D eigenvalue weighted by atomic mass is 19.4. The minimum atomic E-state index is -4.69. The summed E-state index contributed by atoms with van der Waals surface area (Å²) in [5.74, 6) is 0.0591. The Morgan fingerprint density at radius 1 is 0.930 bits per heavy atom. The molecule has 0 spiro atoms. The van der Waals surface area contributed by atoms with E-state index >= 15 is 0 Å². The number of halogens is 6. The highest BCUT2D eigenvalue weighted by Crippen LogP contribution is 2.36. The van der Waals surface area contributed by atoms with Gasteiger partial charge in [0, 0.05) is 19.2 Å². The van der Waals surface area contributed by atoms with Crippen LogP contribution in [-0.4, -0.2) is 44.5 Å². The summed E-state index contributed by atoms with van der Waals surface area (Å²) < 4.78 is 88.6. The summed E-state index contributed by atoms with van der Waals surface area (Å²) in [7, 11) is 0. The van der Waals surface area contributed by atoms with Crippen molar-refractivity contribution in [3.8, 4) is 6.01 Å². The normalized spacial score (nSPS) is 17.0. The number of nitrogens with zero attached hydrogens (tertiary/aromatic N) is 5.